The molecule has 0 aromatic rings. The summed E-state index contributed by atoms with van der Waals surface area (Å²) in [4.78, 5) is 0. The standard InChI is InChI=1S/C63H104O30/c1-23-11-16-63(81-21-23)24(2)37-33(93-63)10-9-30-29-8-7-27-17-28(12-14-61(27,5)31(29)13-15-62(30,37)6)84-60-54(92-57-48(78)45(75)50(26(4)83-57)88-55-46(76)39(69)32(67)22-80-55)52(42(72)36(20-66)87-60)90-58-49(79)51(41(71)35(19-65)85-58)89-59-53(44(74)40(70)34(18-64)86-59)91-56-47(77)43(73)38(68)25(3)82-56/h23-60,64-79H,7-22H2,1-6H3. The minimum Gasteiger partial charge on any atom is -0.394 e. The lowest BCUT2D eigenvalue weighted by Crippen LogP contribution is -2.69. The Hall–Kier alpha value is -1.20. The van der Waals surface area contributed by atoms with Gasteiger partial charge in [-0.1, -0.05) is 27.7 Å². The topological polar surface area (TPSA) is 453 Å². The molecular weight excluding hydrogens is 1240 g/mol. The van der Waals surface area contributed by atoms with E-state index in [1.807, 2.05) is 0 Å². The molecule has 8 heterocycles. The van der Waals surface area contributed by atoms with Gasteiger partial charge in [-0.25, -0.2) is 0 Å². The SMILES string of the molecule is CC1CCC2(OC1)OC1CCC3C4CCC5CC(OC6OC(CO)C(O)C(OC7OC(CO)C(O)C(OC8OC(CO)C(O)C(O)C8OC8OC(C)C(O)C(O)C8O)C7O)C6OC6OC(C)C(OC7OCC(O)C(O)C7O)C(O)C6O)CCC5(C)C4CCC3(C)C1C2C. The van der Waals surface area contributed by atoms with Crippen LogP contribution in [0.3, 0.4) is 0 Å². The summed E-state index contributed by atoms with van der Waals surface area (Å²) in [6.45, 7) is 9.92. The van der Waals surface area contributed by atoms with Gasteiger partial charge in [0.25, 0.3) is 0 Å². The molecule has 1 spiro atoms. The fourth-order valence-electron chi connectivity index (χ4n) is 19.0. The zero-order valence-corrected chi connectivity index (χ0v) is 53.6. The smallest absolute Gasteiger partial charge is 0.187 e. The highest BCUT2D eigenvalue weighted by molar-refractivity contribution is 5.14. The second-order valence-corrected chi connectivity index (χ2v) is 29.8. The average molecular weight is 1340 g/mol. The molecule has 4 saturated carbocycles. The monoisotopic (exact) mass is 1340 g/mol. The van der Waals surface area contributed by atoms with Crippen molar-refractivity contribution in [3.63, 3.8) is 0 Å². The number of aliphatic hydroxyl groups excluding tert-OH is 16. The minimum absolute atomic E-state index is 0.0505. The predicted molar refractivity (Wildman–Crippen MR) is 309 cm³/mol. The average Bonchev–Trinajstić information content (AvgIpc) is 1.66. The van der Waals surface area contributed by atoms with Gasteiger partial charge in [0.2, 0.25) is 0 Å². The van der Waals surface area contributed by atoms with Crippen LogP contribution < -0.4 is 0 Å². The van der Waals surface area contributed by atoms with E-state index in [1.54, 1.807) is 0 Å². The number of hydrogen-bond acceptors (Lipinski definition) is 30. The van der Waals surface area contributed by atoms with Crippen molar-refractivity contribution >= 4 is 0 Å². The first-order valence-electron chi connectivity index (χ1n) is 34.0. The summed E-state index contributed by atoms with van der Waals surface area (Å²) in [5.41, 5.74) is 0.0453. The Kier molecular flexibility index (Phi) is 21.8. The molecule has 41 atom stereocenters. The maximum Gasteiger partial charge on any atom is 0.187 e. The molecule has 4 aliphatic carbocycles. The van der Waals surface area contributed by atoms with Crippen LogP contribution in [0.15, 0.2) is 0 Å². The lowest BCUT2D eigenvalue weighted by Gasteiger charge is -2.64. The van der Waals surface area contributed by atoms with Crippen LogP contribution in [0, 0.1) is 52.3 Å². The molecular formula is C63H104O30. The van der Waals surface area contributed by atoms with Gasteiger partial charge in [-0.15, -0.1) is 0 Å². The Balaban J connectivity index is 0.797. The van der Waals surface area contributed by atoms with E-state index in [9.17, 15) is 81.7 Å². The minimum atomic E-state index is -2.19. The van der Waals surface area contributed by atoms with E-state index < -0.39 is 216 Å². The van der Waals surface area contributed by atoms with Crippen molar-refractivity contribution in [2.45, 2.75) is 308 Å². The lowest BCUT2D eigenvalue weighted by atomic mass is 9.41. The van der Waals surface area contributed by atoms with Crippen molar-refractivity contribution in [1.29, 1.82) is 0 Å². The van der Waals surface area contributed by atoms with Crippen LogP contribution in [0.4, 0.5) is 0 Å². The largest absolute Gasteiger partial charge is 0.394 e. The molecule has 12 aliphatic rings. The molecule has 536 valence electrons. The highest BCUT2D eigenvalue weighted by atomic mass is 16.8. The molecule has 0 aromatic carbocycles. The summed E-state index contributed by atoms with van der Waals surface area (Å²) in [6, 6.07) is 0. The third-order valence-corrected chi connectivity index (χ3v) is 24.4. The van der Waals surface area contributed by atoms with Gasteiger partial charge in [-0.2, -0.15) is 0 Å². The van der Waals surface area contributed by atoms with E-state index in [2.05, 4.69) is 27.7 Å². The number of aliphatic hydroxyl groups is 16. The van der Waals surface area contributed by atoms with E-state index in [0.717, 1.165) is 57.8 Å². The van der Waals surface area contributed by atoms with Gasteiger partial charge in [0.05, 0.1) is 57.5 Å². The first-order chi connectivity index (χ1) is 44.2. The lowest BCUT2D eigenvalue weighted by molar-refractivity contribution is -0.409. The van der Waals surface area contributed by atoms with E-state index >= 15 is 0 Å². The Morgan fingerprint density at radius 3 is 1.63 bits per heavy atom. The number of fused-ring (bicyclic) bond motifs is 7. The molecule has 12 rings (SSSR count). The van der Waals surface area contributed by atoms with Crippen LogP contribution in [0.1, 0.15) is 112 Å². The van der Waals surface area contributed by atoms with Gasteiger partial charge in [-0.3, -0.25) is 0 Å². The number of rotatable bonds is 15. The van der Waals surface area contributed by atoms with Gasteiger partial charge in [0.15, 0.2) is 43.5 Å². The maximum absolute atomic E-state index is 12.3. The summed E-state index contributed by atoms with van der Waals surface area (Å²) in [5.74, 6) is 2.36. The Labute approximate surface area is 540 Å². The van der Waals surface area contributed by atoms with Crippen LogP contribution >= 0.6 is 0 Å². The Morgan fingerprint density at radius 2 is 0.957 bits per heavy atom. The molecule has 0 radical (unpaired) electrons. The molecule has 12 fully saturated rings. The zero-order chi connectivity index (χ0) is 66.7. The molecule has 30 nitrogen and oxygen atoms in total. The molecule has 41 unspecified atom stereocenters. The van der Waals surface area contributed by atoms with Gasteiger partial charge >= 0.3 is 0 Å². The summed E-state index contributed by atoms with van der Waals surface area (Å²) >= 11 is 0. The second kappa shape index (κ2) is 28.3. The zero-order valence-electron chi connectivity index (χ0n) is 53.6. The molecule has 0 amide bonds. The van der Waals surface area contributed by atoms with Gasteiger partial charge in [0, 0.05) is 12.3 Å². The van der Waals surface area contributed by atoms with Crippen LogP contribution in [0.2, 0.25) is 0 Å². The van der Waals surface area contributed by atoms with Crippen molar-refractivity contribution in [1.82, 2.24) is 0 Å². The highest BCUT2D eigenvalue weighted by Crippen LogP contribution is 2.70. The highest BCUT2D eigenvalue weighted by Gasteiger charge is 2.68. The van der Waals surface area contributed by atoms with Crippen molar-refractivity contribution in [3.8, 4) is 0 Å². The van der Waals surface area contributed by atoms with Gasteiger partial charge in [-0.05, 0) is 124 Å². The van der Waals surface area contributed by atoms with Crippen LogP contribution in [-0.2, 0) is 66.3 Å². The summed E-state index contributed by atoms with van der Waals surface area (Å²) in [5, 5.41) is 177. The summed E-state index contributed by atoms with van der Waals surface area (Å²) in [7, 11) is 0. The molecule has 30 heteroatoms. The maximum atomic E-state index is 12.3. The number of ether oxygens (including phenoxy) is 14. The van der Waals surface area contributed by atoms with Crippen molar-refractivity contribution in [2.24, 2.45) is 52.3 Å². The number of hydrogen-bond donors (Lipinski definition) is 16. The summed E-state index contributed by atoms with van der Waals surface area (Å²) in [6.07, 6.45) is -41.2. The molecule has 0 aromatic heterocycles. The van der Waals surface area contributed by atoms with E-state index in [1.165, 1.54) is 13.8 Å². The molecule has 8 aliphatic heterocycles. The third kappa shape index (κ3) is 13.0. The van der Waals surface area contributed by atoms with Crippen molar-refractivity contribution in [3.05, 3.63) is 0 Å². The van der Waals surface area contributed by atoms with E-state index in [0.29, 0.717) is 49.0 Å². The fourth-order valence-corrected chi connectivity index (χ4v) is 19.0. The molecule has 93 heavy (non-hydrogen) atoms. The normalized spacial score (nSPS) is 57.6. The van der Waals surface area contributed by atoms with Crippen LogP contribution in [0.25, 0.3) is 0 Å². The fraction of sp³-hybridized carbons (Fsp3) is 1.00. The summed E-state index contributed by atoms with van der Waals surface area (Å²) < 4.78 is 87.0. The third-order valence-electron chi connectivity index (χ3n) is 24.4. The molecule has 8 saturated heterocycles. The van der Waals surface area contributed by atoms with E-state index in [4.69, 9.17) is 66.3 Å². The van der Waals surface area contributed by atoms with Crippen LogP contribution in [-0.4, -0.2) is 311 Å². The quantitative estimate of drug-likeness (QED) is 0.0692. The van der Waals surface area contributed by atoms with E-state index in [-0.39, 0.29) is 28.8 Å². The molecule has 16 N–H and O–H groups in total. The predicted octanol–water partition coefficient (Wildman–Crippen LogP) is -4.18. The Morgan fingerprint density at radius 1 is 0.409 bits per heavy atom. The Bertz CT molecular complexity index is 2450. The first kappa shape index (κ1) is 71.6. The van der Waals surface area contributed by atoms with Crippen molar-refractivity contribution in [2.75, 3.05) is 33.0 Å². The molecule has 0 bridgehead atoms. The van der Waals surface area contributed by atoms with Crippen LogP contribution in [0.5, 0.6) is 0 Å². The first-order valence-corrected chi connectivity index (χ1v) is 34.0. The van der Waals surface area contributed by atoms with Gasteiger partial charge < -0.3 is 148 Å². The van der Waals surface area contributed by atoms with Gasteiger partial charge in [0.1, 0.15) is 128 Å². The van der Waals surface area contributed by atoms with Crippen molar-refractivity contribution < 1.29 is 148 Å². The second-order valence-electron chi connectivity index (χ2n) is 29.8.